The highest BCUT2D eigenvalue weighted by Gasteiger charge is 2.34. The van der Waals surface area contributed by atoms with Gasteiger partial charge in [0.25, 0.3) is 0 Å². The fraction of sp³-hybridized carbons (Fsp3) is 0.867. The number of ether oxygens (including phenoxy) is 1. The summed E-state index contributed by atoms with van der Waals surface area (Å²) in [6.07, 6.45) is 5.48. The molecule has 20 heavy (non-hydrogen) atoms. The Balaban J connectivity index is 2.57. The number of nitrogens with one attached hydrogen (secondary N) is 2. The van der Waals surface area contributed by atoms with Crippen molar-refractivity contribution < 1.29 is 14.3 Å². The molecule has 116 valence electrons. The van der Waals surface area contributed by atoms with Crippen molar-refractivity contribution in [2.45, 2.75) is 64.9 Å². The number of hydrogen-bond donors (Lipinski definition) is 2. The summed E-state index contributed by atoms with van der Waals surface area (Å²) >= 11 is 0. The SMILES string of the molecule is CNC(=O)CC1(CNC(=O)OC(C)(C)C)CCCCC1. The first-order valence-electron chi connectivity index (χ1n) is 7.44. The van der Waals surface area contributed by atoms with E-state index in [0.29, 0.717) is 13.0 Å². The number of hydrogen-bond acceptors (Lipinski definition) is 3. The van der Waals surface area contributed by atoms with Crippen LogP contribution in [0, 0.1) is 5.41 Å². The molecule has 0 heterocycles. The van der Waals surface area contributed by atoms with Gasteiger partial charge in [-0.25, -0.2) is 4.79 Å². The second-order valence-electron chi connectivity index (χ2n) is 6.77. The molecule has 0 aliphatic heterocycles. The van der Waals surface area contributed by atoms with Gasteiger partial charge in [0.15, 0.2) is 0 Å². The lowest BCUT2D eigenvalue weighted by atomic mass is 9.71. The molecule has 0 spiro atoms. The highest BCUT2D eigenvalue weighted by molar-refractivity contribution is 5.76. The third-order valence-corrected chi connectivity index (χ3v) is 3.74. The maximum atomic E-state index is 11.8. The topological polar surface area (TPSA) is 67.4 Å². The summed E-state index contributed by atoms with van der Waals surface area (Å²) < 4.78 is 5.25. The predicted octanol–water partition coefficient (Wildman–Crippen LogP) is 2.60. The number of alkyl carbamates (subject to hydrolysis) is 1. The van der Waals surface area contributed by atoms with E-state index in [-0.39, 0.29) is 11.3 Å². The lowest BCUT2D eigenvalue weighted by Gasteiger charge is -2.37. The molecule has 2 amide bonds. The maximum absolute atomic E-state index is 11.8. The first-order chi connectivity index (χ1) is 9.26. The molecular weight excluding hydrogens is 256 g/mol. The van der Waals surface area contributed by atoms with E-state index < -0.39 is 11.7 Å². The van der Waals surface area contributed by atoms with Crippen molar-refractivity contribution in [2.75, 3.05) is 13.6 Å². The van der Waals surface area contributed by atoms with Crippen LogP contribution in [0.15, 0.2) is 0 Å². The summed E-state index contributed by atoms with van der Waals surface area (Å²) in [5.41, 5.74) is -0.611. The van der Waals surface area contributed by atoms with E-state index in [4.69, 9.17) is 4.74 Å². The monoisotopic (exact) mass is 284 g/mol. The molecule has 2 N–H and O–H groups in total. The molecular formula is C15H28N2O3. The number of carbonyl (C=O) groups is 2. The molecule has 0 saturated heterocycles. The molecule has 0 unspecified atom stereocenters. The van der Waals surface area contributed by atoms with E-state index in [1.54, 1.807) is 7.05 Å². The van der Waals surface area contributed by atoms with Gasteiger partial charge in [0.2, 0.25) is 5.91 Å². The summed E-state index contributed by atoms with van der Waals surface area (Å²) in [5.74, 6) is 0.0397. The van der Waals surface area contributed by atoms with E-state index >= 15 is 0 Å². The van der Waals surface area contributed by atoms with Crippen LogP contribution in [0.1, 0.15) is 59.3 Å². The quantitative estimate of drug-likeness (QED) is 0.834. The zero-order valence-electron chi connectivity index (χ0n) is 13.2. The van der Waals surface area contributed by atoms with Gasteiger partial charge in [-0.15, -0.1) is 0 Å². The van der Waals surface area contributed by atoms with Crippen molar-refractivity contribution in [3.05, 3.63) is 0 Å². The third-order valence-electron chi connectivity index (χ3n) is 3.74. The van der Waals surface area contributed by atoms with Crippen LogP contribution in [0.3, 0.4) is 0 Å². The van der Waals surface area contributed by atoms with Gasteiger partial charge in [0.1, 0.15) is 5.60 Å². The van der Waals surface area contributed by atoms with Crippen molar-refractivity contribution in [2.24, 2.45) is 5.41 Å². The Bertz CT molecular complexity index is 342. The molecule has 5 heteroatoms. The molecule has 1 fully saturated rings. The van der Waals surface area contributed by atoms with Crippen LogP contribution in [0.4, 0.5) is 4.79 Å². The van der Waals surface area contributed by atoms with Gasteiger partial charge in [-0.3, -0.25) is 4.79 Å². The number of carbonyl (C=O) groups excluding carboxylic acids is 2. The normalized spacial score (nSPS) is 18.2. The van der Waals surface area contributed by atoms with Gasteiger partial charge in [-0.05, 0) is 39.0 Å². The Morgan fingerprint density at radius 3 is 2.25 bits per heavy atom. The molecule has 5 nitrogen and oxygen atoms in total. The summed E-state index contributed by atoms with van der Waals surface area (Å²) in [7, 11) is 1.65. The van der Waals surface area contributed by atoms with Crippen LogP contribution in [-0.2, 0) is 9.53 Å². The smallest absolute Gasteiger partial charge is 0.407 e. The van der Waals surface area contributed by atoms with Crippen LogP contribution in [0.5, 0.6) is 0 Å². The maximum Gasteiger partial charge on any atom is 0.407 e. The fourth-order valence-corrected chi connectivity index (χ4v) is 2.72. The standard InChI is InChI=1S/C15H28N2O3/c1-14(2,3)20-13(19)17-11-15(10-12(18)16-4)8-6-5-7-9-15/h5-11H2,1-4H3,(H,16,18)(H,17,19). The number of amides is 2. The van der Waals surface area contributed by atoms with Crippen molar-refractivity contribution in [1.29, 1.82) is 0 Å². The Morgan fingerprint density at radius 1 is 1.15 bits per heavy atom. The molecule has 0 aromatic heterocycles. The summed E-state index contributed by atoms with van der Waals surface area (Å²) in [5, 5.41) is 5.52. The largest absolute Gasteiger partial charge is 0.444 e. The minimum absolute atomic E-state index is 0.0397. The Hall–Kier alpha value is -1.26. The van der Waals surface area contributed by atoms with Crippen molar-refractivity contribution in [1.82, 2.24) is 10.6 Å². The van der Waals surface area contributed by atoms with Crippen LogP contribution in [-0.4, -0.2) is 31.2 Å². The lowest BCUT2D eigenvalue weighted by Crippen LogP contribution is -2.43. The lowest BCUT2D eigenvalue weighted by molar-refractivity contribution is -0.123. The zero-order chi connectivity index (χ0) is 15.2. The molecule has 1 saturated carbocycles. The van der Waals surface area contributed by atoms with Gasteiger partial charge in [-0.2, -0.15) is 0 Å². The van der Waals surface area contributed by atoms with E-state index in [9.17, 15) is 9.59 Å². The Labute approximate surface area is 121 Å². The molecule has 1 aliphatic rings. The minimum Gasteiger partial charge on any atom is -0.444 e. The minimum atomic E-state index is -0.495. The fourth-order valence-electron chi connectivity index (χ4n) is 2.72. The van der Waals surface area contributed by atoms with Crippen LogP contribution in [0.25, 0.3) is 0 Å². The predicted molar refractivity (Wildman–Crippen MR) is 78.4 cm³/mol. The molecule has 1 aliphatic carbocycles. The third kappa shape index (κ3) is 5.80. The first-order valence-corrected chi connectivity index (χ1v) is 7.44. The van der Waals surface area contributed by atoms with Gasteiger partial charge >= 0.3 is 6.09 Å². The average molecular weight is 284 g/mol. The van der Waals surface area contributed by atoms with Gasteiger partial charge in [0, 0.05) is 20.0 Å². The molecule has 0 aromatic carbocycles. The van der Waals surface area contributed by atoms with Crippen LogP contribution in [0.2, 0.25) is 0 Å². The highest BCUT2D eigenvalue weighted by atomic mass is 16.6. The van der Waals surface area contributed by atoms with Crippen LogP contribution >= 0.6 is 0 Å². The molecule has 0 radical (unpaired) electrons. The van der Waals surface area contributed by atoms with Crippen LogP contribution < -0.4 is 10.6 Å². The molecule has 0 bridgehead atoms. The van der Waals surface area contributed by atoms with Crippen molar-refractivity contribution in [3.8, 4) is 0 Å². The molecule has 0 atom stereocenters. The average Bonchev–Trinajstić information content (AvgIpc) is 2.35. The highest BCUT2D eigenvalue weighted by Crippen LogP contribution is 2.38. The van der Waals surface area contributed by atoms with Crippen molar-refractivity contribution >= 4 is 12.0 Å². The summed E-state index contributed by atoms with van der Waals surface area (Å²) in [6, 6.07) is 0. The summed E-state index contributed by atoms with van der Waals surface area (Å²) in [6.45, 7) is 6.03. The Morgan fingerprint density at radius 2 is 1.75 bits per heavy atom. The van der Waals surface area contributed by atoms with Crippen molar-refractivity contribution in [3.63, 3.8) is 0 Å². The van der Waals surface area contributed by atoms with E-state index in [1.165, 1.54) is 6.42 Å². The molecule has 1 rings (SSSR count). The van der Waals surface area contributed by atoms with E-state index in [0.717, 1.165) is 25.7 Å². The second-order valence-corrected chi connectivity index (χ2v) is 6.77. The van der Waals surface area contributed by atoms with Gasteiger partial charge in [0.05, 0.1) is 0 Å². The zero-order valence-corrected chi connectivity index (χ0v) is 13.2. The van der Waals surface area contributed by atoms with E-state index in [2.05, 4.69) is 10.6 Å². The Kier molecular flexibility index (Phi) is 5.84. The molecule has 0 aromatic rings. The number of rotatable bonds is 4. The summed E-state index contributed by atoms with van der Waals surface area (Å²) in [4.78, 5) is 23.5. The first kappa shape index (κ1) is 16.8. The van der Waals surface area contributed by atoms with E-state index in [1.807, 2.05) is 20.8 Å². The van der Waals surface area contributed by atoms with Gasteiger partial charge < -0.3 is 15.4 Å². The second kappa shape index (κ2) is 6.95. The van der Waals surface area contributed by atoms with Gasteiger partial charge in [-0.1, -0.05) is 19.3 Å².